The summed E-state index contributed by atoms with van der Waals surface area (Å²) in [6, 6.07) is 0. The van der Waals surface area contributed by atoms with Gasteiger partial charge in [-0.15, -0.1) is 0 Å². The van der Waals surface area contributed by atoms with Crippen molar-refractivity contribution in [2.75, 3.05) is 33.0 Å². The Kier molecular flexibility index (Phi) is 7.69. The molecule has 53 heavy (non-hydrogen) atoms. The second kappa shape index (κ2) is 11.6. The van der Waals surface area contributed by atoms with Gasteiger partial charge in [-0.25, -0.2) is 0 Å². The second-order valence-corrected chi connectivity index (χ2v) is 21.7. The molecule has 0 aromatic rings. The molecule has 6 unspecified atom stereocenters. The standard InChI is InChI=1S/C43H58O10/c1-38(2,3)35(46)49-19-39-10-26-8-31(17-39)43(32(9-26)18-39)52-22-40(23-53-43,20-50-36(47)41-11-24-4-27(13-41)33(44)28(5-24)14-41)21-51-37(48)42-12-25-6-29(15-42)34(45)30(7-25)16-42/h24-32H,4-23H2,1-3H3. The molecule has 0 radical (unpaired) electrons. The van der Waals surface area contributed by atoms with Crippen LogP contribution in [-0.2, 0) is 47.7 Å². The maximum Gasteiger partial charge on any atom is 0.312 e. The molecule has 0 aromatic heterocycles. The van der Waals surface area contributed by atoms with Crippen LogP contribution < -0.4 is 0 Å². The van der Waals surface area contributed by atoms with Crippen LogP contribution in [0.2, 0.25) is 0 Å². The van der Waals surface area contributed by atoms with Crippen molar-refractivity contribution >= 4 is 29.5 Å². The number of ketones is 2. The average molecular weight is 735 g/mol. The molecule has 0 amide bonds. The Balaban J connectivity index is 0.862. The Morgan fingerprint density at radius 1 is 0.585 bits per heavy atom. The number of Topliss-reactive ketones (excluding diaryl/α,β-unsaturated/α-hetero) is 2. The zero-order valence-electron chi connectivity index (χ0n) is 31.9. The number of ether oxygens (including phenoxy) is 5. The first-order valence-electron chi connectivity index (χ1n) is 21.0. The molecule has 10 heteroatoms. The van der Waals surface area contributed by atoms with Crippen LogP contribution in [0, 0.1) is 80.3 Å². The number of esters is 3. The lowest BCUT2D eigenvalue weighted by molar-refractivity contribution is -0.394. The molecule has 0 aromatic carbocycles. The summed E-state index contributed by atoms with van der Waals surface area (Å²) in [4.78, 5) is 66.7. The minimum atomic E-state index is -0.874. The van der Waals surface area contributed by atoms with Crippen LogP contribution in [0.1, 0.15) is 117 Å². The fourth-order valence-corrected chi connectivity index (χ4v) is 14.7. The van der Waals surface area contributed by atoms with Gasteiger partial charge in [-0.05, 0) is 135 Å². The van der Waals surface area contributed by atoms with Gasteiger partial charge in [0.1, 0.15) is 24.8 Å². The quantitative estimate of drug-likeness (QED) is 0.216. The summed E-state index contributed by atoms with van der Waals surface area (Å²) < 4.78 is 32.5. The first-order chi connectivity index (χ1) is 25.1. The molecule has 13 rings (SSSR count). The van der Waals surface area contributed by atoms with E-state index in [1.54, 1.807) is 0 Å². The number of carbonyl (C=O) groups excluding carboxylic acids is 5. The van der Waals surface area contributed by atoms with Crippen molar-refractivity contribution in [1.82, 2.24) is 0 Å². The molecular formula is C43H58O10. The minimum Gasteiger partial charge on any atom is -0.465 e. The highest BCUT2D eigenvalue weighted by molar-refractivity contribution is 5.90. The van der Waals surface area contributed by atoms with E-state index >= 15 is 0 Å². The van der Waals surface area contributed by atoms with Gasteiger partial charge in [0.2, 0.25) is 0 Å². The van der Waals surface area contributed by atoms with Gasteiger partial charge in [0.05, 0.1) is 41.5 Å². The lowest BCUT2D eigenvalue weighted by Gasteiger charge is -2.65. The molecule has 12 saturated carbocycles. The van der Waals surface area contributed by atoms with Gasteiger partial charge >= 0.3 is 17.9 Å². The van der Waals surface area contributed by atoms with Crippen molar-refractivity contribution in [3.63, 3.8) is 0 Å². The normalized spacial score (nSPS) is 49.8. The van der Waals surface area contributed by atoms with Crippen molar-refractivity contribution in [2.45, 2.75) is 123 Å². The van der Waals surface area contributed by atoms with Crippen molar-refractivity contribution in [3.8, 4) is 0 Å². The molecule has 1 spiro atoms. The maximum atomic E-state index is 14.1. The predicted octanol–water partition coefficient (Wildman–Crippen LogP) is 6.01. The SMILES string of the molecule is CC(C)(C)C(=O)OCC12CC3CC(C1)C1(OCC(COC(=O)C45CC6CC(C4)C(=O)C(C6)C5)(COC(=O)C45CC6CC(C4)C(=O)C(C6)C5)CO1)C(C3)C2. The van der Waals surface area contributed by atoms with Crippen LogP contribution in [0.3, 0.4) is 0 Å². The molecule has 10 nitrogen and oxygen atoms in total. The summed E-state index contributed by atoms with van der Waals surface area (Å²) in [5.74, 6) is 0.850. The van der Waals surface area contributed by atoms with E-state index in [2.05, 4.69) is 0 Å². The third-order valence-corrected chi connectivity index (χ3v) is 16.7. The second-order valence-electron chi connectivity index (χ2n) is 21.7. The highest BCUT2D eigenvalue weighted by Gasteiger charge is 2.67. The Labute approximate surface area is 312 Å². The summed E-state index contributed by atoms with van der Waals surface area (Å²) in [5.41, 5.74) is -2.71. The van der Waals surface area contributed by atoms with Gasteiger partial charge in [-0.1, -0.05) is 0 Å². The van der Waals surface area contributed by atoms with E-state index in [0.29, 0.717) is 61.6 Å². The molecule has 1 aliphatic heterocycles. The molecular weight excluding hydrogens is 676 g/mol. The van der Waals surface area contributed by atoms with E-state index in [-0.39, 0.29) is 85.3 Å². The van der Waals surface area contributed by atoms with Gasteiger partial charge in [0.25, 0.3) is 0 Å². The summed E-state index contributed by atoms with van der Waals surface area (Å²) in [5, 5.41) is 0. The summed E-state index contributed by atoms with van der Waals surface area (Å²) in [6.45, 7) is 6.65. The van der Waals surface area contributed by atoms with Gasteiger partial charge in [0.15, 0.2) is 5.79 Å². The van der Waals surface area contributed by atoms with Gasteiger partial charge in [-0.2, -0.15) is 0 Å². The zero-order chi connectivity index (χ0) is 36.8. The van der Waals surface area contributed by atoms with Crippen LogP contribution in [0.25, 0.3) is 0 Å². The van der Waals surface area contributed by atoms with Crippen molar-refractivity contribution < 1.29 is 47.7 Å². The third-order valence-electron chi connectivity index (χ3n) is 16.7. The molecule has 13 fully saturated rings. The number of hydrogen-bond donors (Lipinski definition) is 0. The van der Waals surface area contributed by atoms with Crippen LogP contribution in [0.4, 0.5) is 0 Å². The highest BCUT2D eigenvalue weighted by Crippen LogP contribution is 2.66. The van der Waals surface area contributed by atoms with Gasteiger partial charge in [-0.3, -0.25) is 24.0 Å². The maximum absolute atomic E-state index is 14.1. The zero-order valence-corrected chi connectivity index (χ0v) is 31.9. The lowest BCUT2D eigenvalue weighted by Crippen LogP contribution is -2.68. The molecule has 0 N–H and O–H groups in total. The van der Waals surface area contributed by atoms with Gasteiger partial charge < -0.3 is 23.7 Å². The fourth-order valence-electron chi connectivity index (χ4n) is 14.7. The Hall–Kier alpha value is -2.33. The Bertz CT molecular complexity index is 1490. The number of rotatable bonds is 8. The smallest absolute Gasteiger partial charge is 0.312 e. The molecule has 12 bridgehead atoms. The molecule has 13 aliphatic rings. The minimum absolute atomic E-state index is 0.0227. The van der Waals surface area contributed by atoms with E-state index in [1.165, 1.54) is 0 Å². The monoisotopic (exact) mass is 734 g/mol. The molecule has 1 heterocycles. The van der Waals surface area contributed by atoms with E-state index in [4.69, 9.17) is 23.7 Å². The van der Waals surface area contributed by atoms with Crippen molar-refractivity contribution in [2.24, 2.45) is 80.3 Å². The lowest BCUT2D eigenvalue weighted by atomic mass is 9.47. The van der Waals surface area contributed by atoms with Crippen LogP contribution >= 0.6 is 0 Å². The van der Waals surface area contributed by atoms with Crippen molar-refractivity contribution in [3.05, 3.63) is 0 Å². The molecule has 1 saturated heterocycles. The van der Waals surface area contributed by atoms with E-state index < -0.39 is 27.4 Å². The largest absolute Gasteiger partial charge is 0.465 e. The first-order valence-corrected chi connectivity index (χ1v) is 21.0. The summed E-state index contributed by atoms with van der Waals surface area (Å²) in [7, 11) is 0. The van der Waals surface area contributed by atoms with Crippen LogP contribution in [-0.4, -0.2) is 68.3 Å². The average Bonchev–Trinajstić information content (AvgIpc) is 3.11. The predicted molar refractivity (Wildman–Crippen MR) is 187 cm³/mol. The summed E-state index contributed by atoms with van der Waals surface area (Å²) >= 11 is 0. The Morgan fingerprint density at radius 3 is 1.45 bits per heavy atom. The van der Waals surface area contributed by atoms with Gasteiger partial charge in [0, 0.05) is 40.9 Å². The molecule has 6 atom stereocenters. The van der Waals surface area contributed by atoms with Crippen molar-refractivity contribution in [1.29, 1.82) is 0 Å². The molecule has 12 aliphatic carbocycles. The van der Waals surface area contributed by atoms with Crippen LogP contribution in [0.5, 0.6) is 0 Å². The fraction of sp³-hybridized carbons (Fsp3) is 0.884. The highest BCUT2D eigenvalue weighted by atomic mass is 16.7. The van der Waals surface area contributed by atoms with E-state index in [0.717, 1.165) is 70.6 Å². The van der Waals surface area contributed by atoms with E-state index in [9.17, 15) is 24.0 Å². The summed E-state index contributed by atoms with van der Waals surface area (Å²) in [6.07, 6.45) is 12.3. The first kappa shape index (κ1) is 35.1. The van der Waals surface area contributed by atoms with Crippen LogP contribution in [0.15, 0.2) is 0 Å². The van der Waals surface area contributed by atoms with E-state index in [1.807, 2.05) is 20.8 Å². The molecule has 290 valence electrons. The number of carbonyl (C=O) groups is 5. The number of hydrogen-bond acceptors (Lipinski definition) is 10. The topological polar surface area (TPSA) is 132 Å². The third kappa shape index (κ3) is 5.39. The Morgan fingerprint density at radius 2 is 1.02 bits per heavy atom.